The van der Waals surface area contributed by atoms with Crippen LogP contribution < -0.4 is 4.72 Å². The molecule has 0 aliphatic carbocycles. The van der Waals surface area contributed by atoms with Crippen LogP contribution in [0.3, 0.4) is 0 Å². The molecule has 0 saturated carbocycles. The molecule has 8 heteroatoms. The van der Waals surface area contributed by atoms with E-state index in [1.165, 1.54) is 12.3 Å². The maximum Gasteiger partial charge on any atom is 0.303 e. The van der Waals surface area contributed by atoms with Gasteiger partial charge in [-0.3, -0.25) is 9.89 Å². The number of aliphatic carboxylic acids is 1. The molecule has 0 aromatic carbocycles. The van der Waals surface area contributed by atoms with Gasteiger partial charge >= 0.3 is 5.97 Å². The molecule has 0 saturated heterocycles. The Bertz CT molecular complexity index is 426. The summed E-state index contributed by atoms with van der Waals surface area (Å²) in [6.45, 7) is 0.217. The minimum Gasteiger partial charge on any atom is -0.481 e. The van der Waals surface area contributed by atoms with Gasteiger partial charge in [-0.05, 0) is 18.9 Å². The highest BCUT2D eigenvalue weighted by molar-refractivity contribution is 7.89. The lowest BCUT2D eigenvalue weighted by atomic mass is 10.2. The second-order valence-corrected chi connectivity index (χ2v) is 4.90. The predicted molar refractivity (Wildman–Crippen MR) is 55.3 cm³/mol. The van der Waals surface area contributed by atoms with Crippen molar-refractivity contribution in [1.82, 2.24) is 14.9 Å². The molecule has 0 aliphatic rings. The molecule has 16 heavy (non-hydrogen) atoms. The highest BCUT2D eigenvalue weighted by Crippen LogP contribution is 2.02. The van der Waals surface area contributed by atoms with Crippen molar-refractivity contribution < 1.29 is 18.3 Å². The predicted octanol–water partition coefficient (Wildman–Crippen LogP) is -0.0571. The van der Waals surface area contributed by atoms with Crippen LogP contribution in [-0.2, 0) is 14.8 Å². The number of rotatable bonds is 7. The number of aromatic amines is 1. The van der Waals surface area contributed by atoms with E-state index < -0.39 is 16.0 Å². The summed E-state index contributed by atoms with van der Waals surface area (Å²) in [6.07, 6.45) is 2.32. The monoisotopic (exact) mass is 247 g/mol. The van der Waals surface area contributed by atoms with Gasteiger partial charge in [0.15, 0.2) is 5.03 Å². The van der Waals surface area contributed by atoms with Crippen LogP contribution >= 0.6 is 0 Å². The van der Waals surface area contributed by atoms with Crippen LogP contribution in [0.15, 0.2) is 17.3 Å². The van der Waals surface area contributed by atoms with Crippen LogP contribution in [0.25, 0.3) is 0 Å². The summed E-state index contributed by atoms with van der Waals surface area (Å²) in [5.74, 6) is -0.878. The number of unbranched alkanes of at least 4 members (excludes halogenated alkanes) is 1. The normalized spacial score (nSPS) is 11.5. The number of H-pyrrole nitrogens is 1. The van der Waals surface area contributed by atoms with Crippen molar-refractivity contribution in [2.24, 2.45) is 0 Å². The topological polar surface area (TPSA) is 112 Å². The van der Waals surface area contributed by atoms with E-state index in [9.17, 15) is 13.2 Å². The third kappa shape index (κ3) is 3.99. The van der Waals surface area contributed by atoms with Crippen molar-refractivity contribution in [3.8, 4) is 0 Å². The third-order valence-corrected chi connectivity index (χ3v) is 3.26. The fourth-order valence-corrected chi connectivity index (χ4v) is 2.06. The first-order valence-electron chi connectivity index (χ1n) is 4.73. The number of hydrogen-bond acceptors (Lipinski definition) is 4. The Hall–Kier alpha value is -1.41. The number of carbonyl (C=O) groups is 1. The van der Waals surface area contributed by atoms with Crippen molar-refractivity contribution in [3.63, 3.8) is 0 Å². The van der Waals surface area contributed by atoms with Crippen molar-refractivity contribution in [1.29, 1.82) is 0 Å². The molecule has 0 fully saturated rings. The zero-order valence-electron chi connectivity index (χ0n) is 8.51. The van der Waals surface area contributed by atoms with Crippen LogP contribution in [-0.4, -0.2) is 36.2 Å². The van der Waals surface area contributed by atoms with Crippen LogP contribution in [0, 0.1) is 0 Å². The SMILES string of the molecule is O=C(O)CCCCNS(=O)(=O)c1ccn[nH]1. The first-order valence-corrected chi connectivity index (χ1v) is 6.21. The lowest BCUT2D eigenvalue weighted by Gasteiger charge is -2.03. The molecule has 0 amide bonds. The summed E-state index contributed by atoms with van der Waals surface area (Å²) in [5.41, 5.74) is 0. The van der Waals surface area contributed by atoms with Crippen molar-refractivity contribution in [3.05, 3.63) is 12.3 Å². The van der Waals surface area contributed by atoms with Crippen molar-refractivity contribution in [2.45, 2.75) is 24.3 Å². The van der Waals surface area contributed by atoms with E-state index in [2.05, 4.69) is 14.9 Å². The fraction of sp³-hybridized carbons (Fsp3) is 0.500. The van der Waals surface area contributed by atoms with E-state index in [-0.39, 0.29) is 18.0 Å². The fourth-order valence-electron chi connectivity index (χ4n) is 1.08. The highest BCUT2D eigenvalue weighted by atomic mass is 32.2. The first-order chi connectivity index (χ1) is 7.52. The van der Waals surface area contributed by atoms with Crippen molar-refractivity contribution in [2.75, 3.05) is 6.54 Å². The molecule has 1 aromatic heterocycles. The van der Waals surface area contributed by atoms with Gasteiger partial charge < -0.3 is 5.11 Å². The third-order valence-electron chi connectivity index (χ3n) is 1.87. The molecule has 0 radical (unpaired) electrons. The Morgan fingerprint density at radius 3 is 2.81 bits per heavy atom. The number of nitrogens with zero attached hydrogens (tertiary/aromatic N) is 1. The molecule has 1 aromatic rings. The van der Waals surface area contributed by atoms with E-state index in [0.717, 1.165) is 0 Å². The smallest absolute Gasteiger partial charge is 0.303 e. The first kappa shape index (κ1) is 12.7. The van der Waals surface area contributed by atoms with Gasteiger partial charge in [0.25, 0.3) is 10.0 Å². The van der Waals surface area contributed by atoms with Gasteiger partial charge in [-0.25, -0.2) is 13.1 Å². The molecule has 0 unspecified atom stereocenters. The summed E-state index contributed by atoms with van der Waals surface area (Å²) in [7, 11) is -3.53. The summed E-state index contributed by atoms with van der Waals surface area (Å²) < 4.78 is 25.3. The van der Waals surface area contributed by atoms with Gasteiger partial charge in [-0.2, -0.15) is 5.10 Å². The lowest BCUT2D eigenvalue weighted by molar-refractivity contribution is -0.137. The van der Waals surface area contributed by atoms with E-state index in [1.807, 2.05) is 0 Å². The Labute approximate surface area is 92.9 Å². The molecule has 7 nitrogen and oxygen atoms in total. The second kappa shape index (κ2) is 5.61. The van der Waals surface area contributed by atoms with E-state index >= 15 is 0 Å². The number of sulfonamides is 1. The Balaban J connectivity index is 2.30. The van der Waals surface area contributed by atoms with E-state index in [0.29, 0.717) is 12.8 Å². The minimum atomic E-state index is -3.53. The number of carboxylic acids is 1. The van der Waals surface area contributed by atoms with Gasteiger partial charge in [0.2, 0.25) is 0 Å². The summed E-state index contributed by atoms with van der Waals surface area (Å²) in [5, 5.41) is 14.3. The number of carboxylic acid groups (broad SMARTS) is 1. The zero-order chi connectivity index (χ0) is 12.0. The number of nitrogens with one attached hydrogen (secondary N) is 2. The Morgan fingerprint density at radius 2 is 2.25 bits per heavy atom. The van der Waals surface area contributed by atoms with Gasteiger partial charge in [0.1, 0.15) is 0 Å². The van der Waals surface area contributed by atoms with Crippen molar-refractivity contribution >= 4 is 16.0 Å². The number of hydrogen-bond donors (Lipinski definition) is 3. The molecular formula is C8H13N3O4S. The molecule has 0 bridgehead atoms. The largest absolute Gasteiger partial charge is 0.481 e. The molecule has 3 N–H and O–H groups in total. The average Bonchev–Trinajstić information content (AvgIpc) is 2.69. The van der Waals surface area contributed by atoms with Crippen LogP contribution in [0.2, 0.25) is 0 Å². The summed E-state index contributed by atoms with van der Waals surface area (Å²) >= 11 is 0. The van der Waals surface area contributed by atoms with Crippen LogP contribution in [0.5, 0.6) is 0 Å². The molecule has 90 valence electrons. The maximum absolute atomic E-state index is 11.5. The standard InChI is InChI=1S/C8H13N3O4S/c12-8(13)3-1-2-5-10-16(14,15)7-4-6-9-11-7/h4,6,10H,1-3,5H2,(H,9,11)(H,12,13). The second-order valence-electron chi connectivity index (χ2n) is 3.17. The summed E-state index contributed by atoms with van der Waals surface area (Å²) in [4.78, 5) is 10.2. The maximum atomic E-state index is 11.5. The molecular weight excluding hydrogens is 234 g/mol. The Kier molecular flexibility index (Phi) is 4.44. The molecule has 0 spiro atoms. The Morgan fingerprint density at radius 1 is 1.50 bits per heavy atom. The van der Waals surface area contributed by atoms with Gasteiger partial charge in [0.05, 0.1) is 6.20 Å². The van der Waals surface area contributed by atoms with Gasteiger partial charge in [0, 0.05) is 13.0 Å². The van der Waals surface area contributed by atoms with Gasteiger partial charge in [-0.1, -0.05) is 0 Å². The minimum absolute atomic E-state index is 0.00531. The molecule has 0 aliphatic heterocycles. The van der Waals surface area contributed by atoms with Gasteiger partial charge in [-0.15, -0.1) is 0 Å². The van der Waals surface area contributed by atoms with E-state index in [1.54, 1.807) is 0 Å². The van der Waals surface area contributed by atoms with Crippen LogP contribution in [0.4, 0.5) is 0 Å². The van der Waals surface area contributed by atoms with E-state index in [4.69, 9.17) is 5.11 Å². The molecule has 0 atom stereocenters. The molecule has 1 rings (SSSR count). The van der Waals surface area contributed by atoms with Crippen LogP contribution in [0.1, 0.15) is 19.3 Å². The number of aromatic nitrogens is 2. The highest BCUT2D eigenvalue weighted by Gasteiger charge is 2.13. The average molecular weight is 247 g/mol. The lowest BCUT2D eigenvalue weighted by Crippen LogP contribution is -2.25. The zero-order valence-corrected chi connectivity index (χ0v) is 9.33. The quantitative estimate of drug-likeness (QED) is 0.584. The molecule has 1 heterocycles. The summed E-state index contributed by atoms with van der Waals surface area (Å²) in [6, 6.07) is 1.35.